The van der Waals surface area contributed by atoms with Crippen LogP contribution in [0.1, 0.15) is 33.6 Å². The van der Waals surface area contributed by atoms with Crippen molar-refractivity contribution >= 4 is 24.3 Å². The van der Waals surface area contributed by atoms with Crippen LogP contribution in [0.15, 0.2) is 18.2 Å². The number of hydrogen-bond donors (Lipinski definition) is 1. The van der Waals surface area contributed by atoms with Crippen molar-refractivity contribution in [3.05, 3.63) is 29.3 Å². The fourth-order valence-corrected chi connectivity index (χ4v) is 2.06. The maximum atomic E-state index is 11.7. The molecule has 0 amide bonds. The van der Waals surface area contributed by atoms with Gasteiger partial charge in [0.25, 0.3) is 0 Å². The Kier molecular flexibility index (Phi) is 5.99. The summed E-state index contributed by atoms with van der Waals surface area (Å²) >= 11 is 0. The molecule has 1 saturated carbocycles. The van der Waals surface area contributed by atoms with E-state index in [2.05, 4.69) is 9.47 Å². The first-order valence-corrected chi connectivity index (χ1v) is 6.28. The molecule has 0 aromatic heterocycles. The molecule has 1 aromatic carbocycles. The number of rotatable bonds is 4. The number of carbonyl (C=O) groups is 2. The molecule has 0 spiro atoms. The van der Waals surface area contributed by atoms with E-state index in [4.69, 9.17) is 10.5 Å². The number of nitrogens with two attached hydrogens (primary N) is 1. The molecule has 1 aromatic rings. The number of benzene rings is 1. The predicted octanol–water partition coefficient (Wildman–Crippen LogP) is 1.55. The second kappa shape index (κ2) is 7.28. The number of halogens is 1. The zero-order chi connectivity index (χ0) is 14.7. The van der Waals surface area contributed by atoms with Gasteiger partial charge in [0.2, 0.25) is 0 Å². The zero-order valence-corrected chi connectivity index (χ0v) is 12.6. The zero-order valence-electron chi connectivity index (χ0n) is 11.8. The van der Waals surface area contributed by atoms with Crippen molar-refractivity contribution in [2.45, 2.75) is 25.0 Å². The van der Waals surface area contributed by atoms with Crippen LogP contribution in [-0.4, -0.2) is 38.3 Å². The molecule has 2 N–H and O–H groups in total. The lowest BCUT2D eigenvalue weighted by Gasteiger charge is -2.32. The molecule has 1 fully saturated rings. The van der Waals surface area contributed by atoms with Crippen molar-refractivity contribution in [2.75, 3.05) is 14.2 Å². The maximum absolute atomic E-state index is 11.7. The van der Waals surface area contributed by atoms with Crippen LogP contribution in [0.4, 0.5) is 0 Å². The summed E-state index contributed by atoms with van der Waals surface area (Å²) in [7, 11) is 2.51. The van der Waals surface area contributed by atoms with Gasteiger partial charge in [-0.15, -0.1) is 12.4 Å². The number of hydrogen-bond acceptors (Lipinski definition) is 6. The lowest BCUT2D eigenvalue weighted by atomic mass is 9.90. The Balaban J connectivity index is 0.00000220. The first-order chi connectivity index (χ1) is 9.55. The monoisotopic (exact) mass is 315 g/mol. The standard InChI is InChI=1S/C14H17NO5.ClH/c1-18-13(16)11-4-3-9(7-12(11)14(17)19-2)20-10-5-8(15)6-10;/h3-4,7-8,10H,5-6,15H2,1-2H3;1H. The summed E-state index contributed by atoms with van der Waals surface area (Å²) in [6, 6.07) is 4.78. The Morgan fingerprint density at radius 2 is 1.67 bits per heavy atom. The van der Waals surface area contributed by atoms with Crippen LogP contribution in [0.5, 0.6) is 5.75 Å². The highest BCUT2D eigenvalue weighted by molar-refractivity contribution is 6.03. The number of methoxy groups -OCH3 is 2. The molecule has 116 valence electrons. The first-order valence-electron chi connectivity index (χ1n) is 6.28. The van der Waals surface area contributed by atoms with Crippen LogP contribution in [0, 0.1) is 0 Å². The molecule has 1 aliphatic rings. The molecule has 0 aliphatic heterocycles. The van der Waals surface area contributed by atoms with Gasteiger partial charge in [-0.3, -0.25) is 0 Å². The molecular weight excluding hydrogens is 298 g/mol. The normalized spacial score (nSPS) is 19.8. The van der Waals surface area contributed by atoms with E-state index >= 15 is 0 Å². The van der Waals surface area contributed by atoms with Crippen molar-refractivity contribution in [1.29, 1.82) is 0 Å². The molecular formula is C14H18ClNO5. The van der Waals surface area contributed by atoms with Gasteiger partial charge in [0.05, 0.1) is 25.3 Å². The smallest absolute Gasteiger partial charge is 0.338 e. The van der Waals surface area contributed by atoms with Gasteiger partial charge in [0.15, 0.2) is 0 Å². The van der Waals surface area contributed by atoms with E-state index in [-0.39, 0.29) is 35.7 Å². The molecule has 0 heterocycles. The van der Waals surface area contributed by atoms with Gasteiger partial charge in [-0.2, -0.15) is 0 Å². The second-order valence-electron chi connectivity index (χ2n) is 4.66. The van der Waals surface area contributed by atoms with E-state index in [0.29, 0.717) is 5.75 Å². The largest absolute Gasteiger partial charge is 0.490 e. The Bertz CT molecular complexity index is 528. The fraction of sp³-hybridized carbons (Fsp3) is 0.429. The van der Waals surface area contributed by atoms with Crippen LogP contribution in [-0.2, 0) is 9.47 Å². The van der Waals surface area contributed by atoms with Crippen molar-refractivity contribution in [2.24, 2.45) is 5.73 Å². The molecule has 0 radical (unpaired) electrons. The molecule has 1 aliphatic carbocycles. The van der Waals surface area contributed by atoms with Crippen LogP contribution in [0.25, 0.3) is 0 Å². The SMILES string of the molecule is COC(=O)c1ccc(OC2CC(N)C2)cc1C(=O)OC.Cl. The molecule has 0 saturated heterocycles. The number of ether oxygens (including phenoxy) is 3. The Hall–Kier alpha value is -1.79. The minimum Gasteiger partial charge on any atom is -0.490 e. The van der Waals surface area contributed by atoms with Gasteiger partial charge < -0.3 is 19.9 Å². The fourth-order valence-electron chi connectivity index (χ4n) is 2.06. The van der Waals surface area contributed by atoms with Gasteiger partial charge in [-0.1, -0.05) is 0 Å². The van der Waals surface area contributed by atoms with Gasteiger partial charge in [-0.05, 0) is 31.0 Å². The summed E-state index contributed by atoms with van der Waals surface area (Å²) in [5.74, 6) is -0.696. The van der Waals surface area contributed by atoms with Gasteiger partial charge in [0.1, 0.15) is 11.9 Å². The third kappa shape index (κ3) is 3.86. The van der Waals surface area contributed by atoms with Gasteiger partial charge >= 0.3 is 11.9 Å². The molecule has 2 rings (SSSR count). The summed E-state index contributed by atoms with van der Waals surface area (Å²) in [5, 5.41) is 0. The molecule has 0 atom stereocenters. The van der Waals surface area contributed by atoms with Crippen LogP contribution in [0.2, 0.25) is 0 Å². The first kappa shape index (κ1) is 17.3. The Labute approximate surface area is 129 Å². The summed E-state index contributed by atoms with van der Waals surface area (Å²) in [5.41, 5.74) is 5.96. The molecule has 21 heavy (non-hydrogen) atoms. The van der Waals surface area contributed by atoms with E-state index in [0.717, 1.165) is 12.8 Å². The maximum Gasteiger partial charge on any atom is 0.338 e. The van der Waals surface area contributed by atoms with E-state index in [9.17, 15) is 9.59 Å². The average Bonchev–Trinajstić information content (AvgIpc) is 2.43. The van der Waals surface area contributed by atoms with E-state index in [1.165, 1.54) is 26.4 Å². The highest BCUT2D eigenvalue weighted by Crippen LogP contribution is 2.26. The van der Waals surface area contributed by atoms with Gasteiger partial charge in [-0.25, -0.2) is 9.59 Å². The highest BCUT2D eigenvalue weighted by atomic mass is 35.5. The van der Waals surface area contributed by atoms with Gasteiger partial charge in [0, 0.05) is 6.04 Å². The van der Waals surface area contributed by atoms with Crippen molar-refractivity contribution < 1.29 is 23.8 Å². The average molecular weight is 316 g/mol. The molecule has 6 nitrogen and oxygen atoms in total. The Morgan fingerprint density at radius 3 is 2.19 bits per heavy atom. The topological polar surface area (TPSA) is 87.9 Å². The molecule has 0 unspecified atom stereocenters. The minimum atomic E-state index is -0.610. The van der Waals surface area contributed by atoms with Crippen molar-refractivity contribution in [3.63, 3.8) is 0 Å². The van der Waals surface area contributed by atoms with Crippen LogP contribution >= 0.6 is 12.4 Å². The van der Waals surface area contributed by atoms with Crippen molar-refractivity contribution in [3.8, 4) is 5.75 Å². The summed E-state index contributed by atoms with van der Waals surface area (Å²) in [4.78, 5) is 23.3. The van der Waals surface area contributed by atoms with Crippen LogP contribution < -0.4 is 10.5 Å². The molecule has 7 heteroatoms. The second-order valence-corrected chi connectivity index (χ2v) is 4.66. The van der Waals surface area contributed by atoms with E-state index < -0.39 is 11.9 Å². The number of esters is 2. The third-order valence-electron chi connectivity index (χ3n) is 3.24. The van der Waals surface area contributed by atoms with Crippen molar-refractivity contribution in [1.82, 2.24) is 0 Å². The summed E-state index contributed by atoms with van der Waals surface area (Å²) in [6.45, 7) is 0. The minimum absolute atomic E-state index is 0. The third-order valence-corrected chi connectivity index (χ3v) is 3.24. The van der Waals surface area contributed by atoms with E-state index in [1.54, 1.807) is 6.07 Å². The summed E-state index contributed by atoms with van der Waals surface area (Å²) in [6.07, 6.45) is 1.62. The lowest BCUT2D eigenvalue weighted by molar-refractivity contribution is 0.0553. The highest BCUT2D eigenvalue weighted by Gasteiger charge is 2.28. The molecule has 0 bridgehead atoms. The number of carbonyl (C=O) groups excluding carboxylic acids is 2. The Morgan fingerprint density at radius 1 is 1.10 bits per heavy atom. The lowest BCUT2D eigenvalue weighted by Crippen LogP contribution is -2.43. The summed E-state index contributed by atoms with van der Waals surface area (Å²) < 4.78 is 15.0. The predicted molar refractivity (Wildman–Crippen MR) is 78.0 cm³/mol. The van der Waals surface area contributed by atoms with E-state index in [1.807, 2.05) is 0 Å². The quantitative estimate of drug-likeness (QED) is 0.848. The van der Waals surface area contributed by atoms with Crippen LogP contribution in [0.3, 0.4) is 0 Å².